The first-order chi connectivity index (χ1) is 12.5. The topological polar surface area (TPSA) is 152 Å². The number of hydrogen-bond acceptors (Lipinski definition) is 9. The third kappa shape index (κ3) is 6.52. The lowest BCUT2D eigenvalue weighted by atomic mass is 9.98. The van der Waals surface area contributed by atoms with Crippen LogP contribution in [0.5, 0.6) is 0 Å². The van der Waals surface area contributed by atoms with Gasteiger partial charge in [0.2, 0.25) is 0 Å². The second-order valence-electron chi connectivity index (χ2n) is 6.68. The molecule has 1 aliphatic heterocycles. The number of aliphatic hydroxyl groups excluding tert-OH is 3. The predicted molar refractivity (Wildman–Crippen MR) is 90.6 cm³/mol. The number of aliphatic hydroxyl groups is 3. The molecule has 0 aromatic rings. The van der Waals surface area contributed by atoms with E-state index in [1.54, 1.807) is 13.8 Å². The molecule has 156 valence electrons. The summed E-state index contributed by atoms with van der Waals surface area (Å²) in [5, 5.41) is 39.7. The van der Waals surface area contributed by atoms with Crippen LogP contribution in [0.3, 0.4) is 0 Å². The molecule has 0 saturated carbocycles. The highest BCUT2D eigenvalue weighted by molar-refractivity contribution is 5.86. The van der Waals surface area contributed by atoms with Crippen molar-refractivity contribution in [3.63, 3.8) is 0 Å². The van der Waals surface area contributed by atoms with Gasteiger partial charge in [-0.05, 0) is 27.7 Å². The minimum Gasteiger partial charge on any atom is -0.479 e. The van der Waals surface area contributed by atoms with Gasteiger partial charge in [-0.2, -0.15) is 0 Å². The first-order valence-corrected chi connectivity index (χ1v) is 8.51. The van der Waals surface area contributed by atoms with Crippen molar-refractivity contribution in [1.29, 1.82) is 0 Å². The summed E-state index contributed by atoms with van der Waals surface area (Å²) in [6, 6.07) is 0. The van der Waals surface area contributed by atoms with Gasteiger partial charge in [0.1, 0.15) is 31.0 Å². The molecule has 0 amide bonds. The Kier molecular flexibility index (Phi) is 8.79. The Bertz CT molecular complexity index is 534. The number of carbonyl (C=O) groups excluding carboxylic acids is 1. The Morgan fingerprint density at radius 1 is 1.15 bits per heavy atom. The van der Waals surface area contributed by atoms with E-state index in [1.807, 2.05) is 0 Å². The van der Waals surface area contributed by atoms with Gasteiger partial charge in [0.05, 0.1) is 12.2 Å². The molecule has 7 unspecified atom stereocenters. The molecule has 1 aliphatic rings. The van der Waals surface area contributed by atoms with Crippen LogP contribution in [0.25, 0.3) is 0 Å². The van der Waals surface area contributed by atoms with E-state index in [9.17, 15) is 30.0 Å². The van der Waals surface area contributed by atoms with Crippen LogP contribution in [-0.2, 0) is 28.5 Å². The van der Waals surface area contributed by atoms with Gasteiger partial charge in [-0.25, -0.2) is 9.59 Å². The lowest BCUT2D eigenvalue weighted by molar-refractivity contribution is -0.317. The van der Waals surface area contributed by atoms with Crippen molar-refractivity contribution in [3.8, 4) is 0 Å². The molecule has 1 saturated heterocycles. The Hall–Kier alpha value is -1.56. The normalized spacial score (nSPS) is 30.6. The Labute approximate surface area is 157 Å². The lowest BCUT2D eigenvalue weighted by Gasteiger charge is -2.42. The van der Waals surface area contributed by atoms with Crippen LogP contribution in [0.1, 0.15) is 27.7 Å². The first-order valence-electron chi connectivity index (χ1n) is 8.51. The molecule has 1 heterocycles. The van der Waals surface area contributed by atoms with Crippen molar-refractivity contribution in [1.82, 2.24) is 0 Å². The van der Waals surface area contributed by atoms with E-state index >= 15 is 0 Å². The molecule has 0 aliphatic carbocycles. The fourth-order valence-electron chi connectivity index (χ4n) is 2.34. The average Bonchev–Trinajstić information content (AvgIpc) is 2.57. The van der Waals surface area contributed by atoms with Crippen LogP contribution in [-0.4, -0.2) is 88.0 Å². The molecule has 10 nitrogen and oxygen atoms in total. The third-order valence-electron chi connectivity index (χ3n) is 3.84. The Balaban J connectivity index is 2.74. The van der Waals surface area contributed by atoms with Crippen molar-refractivity contribution < 1.29 is 49.0 Å². The monoisotopic (exact) mass is 392 g/mol. The van der Waals surface area contributed by atoms with Crippen LogP contribution in [0, 0.1) is 0 Å². The van der Waals surface area contributed by atoms with Gasteiger partial charge in [0.25, 0.3) is 0 Å². The minimum atomic E-state index is -1.61. The maximum Gasteiger partial charge on any atom is 0.335 e. The molecule has 10 heteroatoms. The molecule has 0 aromatic carbocycles. The molecule has 1 rings (SSSR count). The summed E-state index contributed by atoms with van der Waals surface area (Å²) >= 11 is 0. The summed E-state index contributed by atoms with van der Waals surface area (Å²) in [5.74, 6) is -2.09. The van der Waals surface area contributed by atoms with Crippen LogP contribution < -0.4 is 0 Å². The highest BCUT2D eigenvalue weighted by Crippen LogP contribution is 2.26. The first kappa shape index (κ1) is 23.5. The summed E-state index contributed by atoms with van der Waals surface area (Å²) in [5.41, 5.74) is 0.158. The van der Waals surface area contributed by atoms with Crippen LogP contribution in [0.2, 0.25) is 0 Å². The zero-order valence-electron chi connectivity index (χ0n) is 15.8. The van der Waals surface area contributed by atoms with Crippen LogP contribution >= 0.6 is 0 Å². The van der Waals surface area contributed by atoms with E-state index in [0.717, 1.165) is 0 Å². The molecular formula is C17H28O10. The number of carboxylic acid groups (broad SMARTS) is 1. The van der Waals surface area contributed by atoms with E-state index in [0.29, 0.717) is 0 Å². The summed E-state index contributed by atoms with van der Waals surface area (Å²) in [4.78, 5) is 22.8. The van der Waals surface area contributed by atoms with E-state index < -0.39 is 67.6 Å². The maximum atomic E-state index is 11.4. The summed E-state index contributed by atoms with van der Waals surface area (Å²) in [6.45, 7) is 9.15. The fourth-order valence-corrected chi connectivity index (χ4v) is 2.34. The van der Waals surface area contributed by atoms with Gasteiger partial charge in [0.15, 0.2) is 12.4 Å². The Morgan fingerprint density at radius 3 is 2.22 bits per heavy atom. The molecule has 7 atom stereocenters. The maximum absolute atomic E-state index is 11.4. The zero-order chi connectivity index (χ0) is 20.9. The van der Waals surface area contributed by atoms with Crippen LogP contribution in [0.4, 0.5) is 0 Å². The molecule has 27 heavy (non-hydrogen) atoms. The average molecular weight is 392 g/mol. The summed E-state index contributed by atoms with van der Waals surface area (Å²) < 4.78 is 20.7. The second-order valence-corrected chi connectivity index (χ2v) is 6.68. The number of esters is 1. The molecule has 0 spiro atoms. The Morgan fingerprint density at radius 2 is 1.74 bits per heavy atom. The van der Waals surface area contributed by atoms with Gasteiger partial charge >= 0.3 is 11.9 Å². The zero-order valence-corrected chi connectivity index (χ0v) is 15.8. The highest BCUT2D eigenvalue weighted by Gasteiger charge is 2.49. The third-order valence-corrected chi connectivity index (χ3v) is 3.84. The van der Waals surface area contributed by atoms with E-state index in [4.69, 9.17) is 18.9 Å². The molecule has 0 radical (unpaired) electrons. The van der Waals surface area contributed by atoms with Gasteiger partial charge in [0, 0.05) is 5.57 Å². The number of carboxylic acids is 1. The number of aliphatic carboxylic acids is 1. The van der Waals surface area contributed by atoms with Crippen molar-refractivity contribution in [2.24, 2.45) is 0 Å². The smallest absolute Gasteiger partial charge is 0.335 e. The number of carbonyl (C=O) groups is 2. The highest BCUT2D eigenvalue weighted by atomic mass is 16.7. The van der Waals surface area contributed by atoms with Gasteiger partial charge in [-0.1, -0.05) is 6.58 Å². The lowest BCUT2D eigenvalue weighted by Crippen LogP contribution is -2.62. The standard InChI is InChI=1S/C17H28O10/c1-7(2)16(23)24-6-10(18)9(5)26-17-12(20)11(19)13(25-8(3)4)14(27-17)15(21)22/h8-14,17-20H,1,6H2,2-5H3,(H,21,22). The molecule has 1 fully saturated rings. The largest absolute Gasteiger partial charge is 0.479 e. The summed E-state index contributed by atoms with van der Waals surface area (Å²) in [7, 11) is 0. The van der Waals surface area contributed by atoms with E-state index in [1.165, 1.54) is 13.8 Å². The number of hydrogen-bond donors (Lipinski definition) is 4. The second kappa shape index (κ2) is 10.1. The molecule has 0 aromatic heterocycles. The van der Waals surface area contributed by atoms with Crippen molar-refractivity contribution >= 4 is 11.9 Å². The molecular weight excluding hydrogens is 364 g/mol. The number of ether oxygens (including phenoxy) is 4. The molecule has 4 N–H and O–H groups in total. The van der Waals surface area contributed by atoms with Gasteiger partial charge in [-0.3, -0.25) is 0 Å². The minimum absolute atomic E-state index is 0.158. The molecule has 0 bridgehead atoms. The van der Waals surface area contributed by atoms with Crippen molar-refractivity contribution in [2.75, 3.05) is 6.61 Å². The van der Waals surface area contributed by atoms with Crippen LogP contribution in [0.15, 0.2) is 12.2 Å². The quantitative estimate of drug-likeness (QED) is 0.290. The predicted octanol–water partition coefficient (Wildman–Crippen LogP) is -0.803. The van der Waals surface area contributed by atoms with E-state index in [2.05, 4.69) is 6.58 Å². The van der Waals surface area contributed by atoms with Gasteiger partial charge < -0.3 is 39.4 Å². The fraction of sp³-hybridized carbons (Fsp3) is 0.765. The SMILES string of the molecule is C=C(C)C(=O)OCC(O)C(C)OC1OC(C(=O)O)C(OC(C)C)C(O)C1O. The van der Waals surface area contributed by atoms with Gasteiger partial charge in [-0.15, -0.1) is 0 Å². The summed E-state index contributed by atoms with van der Waals surface area (Å²) in [6.07, 6.45) is -10.3. The van der Waals surface area contributed by atoms with Crippen molar-refractivity contribution in [3.05, 3.63) is 12.2 Å². The van der Waals surface area contributed by atoms with E-state index in [-0.39, 0.29) is 5.57 Å². The number of rotatable bonds is 9. The van der Waals surface area contributed by atoms with Crippen molar-refractivity contribution in [2.45, 2.75) is 76.7 Å².